The predicted molar refractivity (Wildman–Crippen MR) is 142 cm³/mol. The summed E-state index contributed by atoms with van der Waals surface area (Å²) < 4.78 is 70.7. The van der Waals surface area contributed by atoms with Crippen LogP contribution in [-0.4, -0.2) is 60.9 Å². The van der Waals surface area contributed by atoms with Gasteiger partial charge in [0.25, 0.3) is 0 Å². The molecule has 1 aliphatic carbocycles. The van der Waals surface area contributed by atoms with Gasteiger partial charge in [-0.2, -0.15) is 5.26 Å². The van der Waals surface area contributed by atoms with Gasteiger partial charge in [0.1, 0.15) is 0 Å². The third-order valence-corrected chi connectivity index (χ3v) is 7.90. The lowest BCUT2D eigenvalue weighted by Crippen LogP contribution is -2.49. The molecule has 2 fully saturated rings. The molecule has 6 rings (SSSR count). The van der Waals surface area contributed by atoms with E-state index in [4.69, 9.17) is 15.7 Å². The van der Waals surface area contributed by atoms with Crippen molar-refractivity contribution in [1.29, 1.82) is 5.26 Å². The SMILES string of the molecule is [2H]C1([2H])OC([2H])([2H])C([2H])([2H])N(C2CCN(c3cc4c(cc3CC)C(=O)c3c([nH]c5cc(C#N)ccc35)C4(C)C)CC2)C1([2H])[2H]. The molecule has 36 heavy (non-hydrogen) atoms. The lowest BCUT2D eigenvalue weighted by molar-refractivity contribution is 0.0115. The Labute approximate surface area is 224 Å². The summed E-state index contributed by atoms with van der Waals surface area (Å²) in [5.41, 5.74) is 5.45. The Hall–Kier alpha value is -3.14. The van der Waals surface area contributed by atoms with Gasteiger partial charge in [-0.1, -0.05) is 26.8 Å². The second-order valence-corrected chi connectivity index (χ2v) is 10.2. The van der Waals surface area contributed by atoms with Crippen LogP contribution in [-0.2, 0) is 16.6 Å². The zero-order valence-electron chi connectivity index (χ0n) is 28.7. The van der Waals surface area contributed by atoms with Crippen LogP contribution in [0, 0.1) is 11.3 Å². The minimum Gasteiger partial charge on any atom is -0.379 e. The van der Waals surface area contributed by atoms with Gasteiger partial charge in [-0.05, 0) is 54.7 Å². The van der Waals surface area contributed by atoms with Gasteiger partial charge in [-0.25, -0.2) is 0 Å². The monoisotopic (exact) mass is 490 g/mol. The standard InChI is InChI=1S/C30H34N4O2/c1-4-20-16-23-24(17-26(20)34-9-7-21(8-10-34)33-11-13-36-14-12-33)30(2,3)29-27(28(23)35)22-6-5-19(18-31)15-25(22)32-29/h5-6,15-17,21,32H,4,7-14H2,1-3H3/i11D2,12D2,13D2,14D2. The second-order valence-electron chi connectivity index (χ2n) is 10.2. The lowest BCUT2D eigenvalue weighted by Gasteiger charge is -2.42. The predicted octanol–water partition coefficient (Wildman–Crippen LogP) is 4.77. The van der Waals surface area contributed by atoms with Crippen LogP contribution in [0.1, 0.15) is 82.9 Å². The molecule has 2 aliphatic heterocycles. The van der Waals surface area contributed by atoms with Crippen LogP contribution in [0.3, 0.4) is 0 Å². The van der Waals surface area contributed by atoms with Crippen LogP contribution in [0.4, 0.5) is 5.69 Å². The topological polar surface area (TPSA) is 72.4 Å². The van der Waals surface area contributed by atoms with E-state index in [1.54, 1.807) is 12.1 Å². The number of anilines is 1. The van der Waals surface area contributed by atoms with Crippen molar-refractivity contribution in [2.24, 2.45) is 0 Å². The molecule has 3 heterocycles. The number of aryl methyl sites for hydroxylation is 1. The third-order valence-electron chi connectivity index (χ3n) is 7.90. The van der Waals surface area contributed by atoms with Gasteiger partial charge in [-0.15, -0.1) is 0 Å². The number of nitriles is 1. The Bertz CT molecular complexity index is 1710. The van der Waals surface area contributed by atoms with E-state index in [-0.39, 0.29) is 18.6 Å². The first-order valence-electron chi connectivity index (χ1n) is 16.4. The van der Waals surface area contributed by atoms with Gasteiger partial charge in [0.2, 0.25) is 0 Å². The summed E-state index contributed by atoms with van der Waals surface area (Å²) >= 11 is 0. The van der Waals surface area contributed by atoms with Crippen LogP contribution in [0.5, 0.6) is 0 Å². The maximum absolute atomic E-state index is 14.0. The van der Waals surface area contributed by atoms with Gasteiger partial charge in [0, 0.05) is 70.9 Å². The summed E-state index contributed by atoms with van der Waals surface area (Å²) in [5, 5.41) is 10.2. The molecule has 0 bridgehead atoms. The Balaban J connectivity index is 1.35. The highest BCUT2D eigenvalue weighted by molar-refractivity contribution is 6.20. The number of H-pyrrole nitrogens is 1. The molecule has 0 radical (unpaired) electrons. The van der Waals surface area contributed by atoms with E-state index in [1.807, 2.05) is 25.1 Å². The molecule has 2 aromatic carbocycles. The number of hydrogen-bond acceptors (Lipinski definition) is 5. The number of fused-ring (bicyclic) bond motifs is 4. The molecule has 186 valence electrons. The maximum Gasteiger partial charge on any atom is 0.195 e. The lowest BCUT2D eigenvalue weighted by atomic mass is 9.70. The van der Waals surface area contributed by atoms with Crippen molar-refractivity contribution >= 4 is 22.4 Å². The molecule has 0 unspecified atom stereocenters. The molecule has 6 nitrogen and oxygen atoms in total. The number of nitrogens with zero attached hydrogens (tertiary/aromatic N) is 3. The number of ether oxygens (including phenoxy) is 1. The zero-order valence-corrected chi connectivity index (χ0v) is 20.7. The van der Waals surface area contributed by atoms with E-state index in [9.17, 15) is 10.1 Å². The largest absolute Gasteiger partial charge is 0.379 e. The number of hydrogen-bond donors (Lipinski definition) is 1. The molecule has 3 aliphatic rings. The van der Waals surface area contributed by atoms with E-state index in [0.717, 1.165) is 33.4 Å². The number of morpholine rings is 1. The average Bonchev–Trinajstić information content (AvgIpc) is 3.34. The number of aromatic amines is 1. The fourth-order valence-corrected chi connectivity index (χ4v) is 5.90. The summed E-state index contributed by atoms with van der Waals surface area (Å²) in [6, 6.07) is 10.7. The van der Waals surface area contributed by atoms with Crippen LogP contribution in [0.2, 0.25) is 0 Å². The first kappa shape index (κ1) is 15.9. The second kappa shape index (κ2) is 8.76. The summed E-state index contributed by atoms with van der Waals surface area (Å²) in [6.07, 6.45) is 1.18. The van der Waals surface area contributed by atoms with Gasteiger partial charge >= 0.3 is 0 Å². The highest BCUT2D eigenvalue weighted by Crippen LogP contribution is 2.46. The molecular formula is C30H34N4O2. The minimum absolute atomic E-state index is 0.0782. The summed E-state index contributed by atoms with van der Waals surface area (Å²) in [4.78, 5) is 20.2. The van der Waals surface area contributed by atoms with Crippen molar-refractivity contribution in [1.82, 2.24) is 9.88 Å². The van der Waals surface area contributed by atoms with E-state index in [2.05, 4.69) is 29.8 Å². The number of nitrogens with one attached hydrogen (secondary N) is 1. The molecule has 0 amide bonds. The summed E-state index contributed by atoms with van der Waals surface area (Å²) in [6.45, 7) is -5.03. The van der Waals surface area contributed by atoms with Crippen molar-refractivity contribution in [2.75, 3.05) is 44.1 Å². The zero-order chi connectivity index (χ0) is 32.2. The minimum atomic E-state index is -3.07. The molecule has 0 saturated carbocycles. The number of rotatable bonds is 3. The van der Waals surface area contributed by atoms with Crippen molar-refractivity contribution in [3.05, 3.63) is 63.8 Å². The van der Waals surface area contributed by atoms with Crippen molar-refractivity contribution in [3.63, 3.8) is 0 Å². The Morgan fingerprint density at radius 1 is 1.19 bits per heavy atom. The van der Waals surface area contributed by atoms with Crippen molar-refractivity contribution in [3.8, 4) is 6.07 Å². The molecule has 2 saturated heterocycles. The van der Waals surface area contributed by atoms with Gasteiger partial charge < -0.3 is 14.6 Å². The summed E-state index contributed by atoms with van der Waals surface area (Å²) in [7, 11) is 0. The van der Waals surface area contributed by atoms with E-state index in [0.29, 0.717) is 41.1 Å². The fraction of sp³-hybridized carbons (Fsp3) is 0.467. The molecule has 0 atom stereocenters. The first-order valence-corrected chi connectivity index (χ1v) is 12.4. The van der Waals surface area contributed by atoms with Crippen molar-refractivity contribution < 1.29 is 20.5 Å². The maximum atomic E-state index is 14.0. The number of ketones is 1. The average molecular weight is 491 g/mol. The fourth-order valence-electron chi connectivity index (χ4n) is 5.90. The Morgan fingerprint density at radius 3 is 2.64 bits per heavy atom. The molecule has 3 aromatic rings. The van der Waals surface area contributed by atoms with E-state index >= 15 is 0 Å². The van der Waals surface area contributed by atoms with Gasteiger partial charge in [0.15, 0.2) is 5.78 Å². The van der Waals surface area contributed by atoms with Gasteiger partial charge in [0.05, 0.1) is 35.8 Å². The number of aromatic nitrogens is 1. The van der Waals surface area contributed by atoms with E-state index in [1.165, 1.54) is 0 Å². The molecule has 1 N–H and O–H groups in total. The smallest absolute Gasteiger partial charge is 0.195 e. The highest BCUT2D eigenvalue weighted by atomic mass is 16.5. The normalized spacial score (nSPS) is 29.2. The van der Waals surface area contributed by atoms with E-state index < -0.39 is 37.6 Å². The molecule has 0 spiro atoms. The van der Waals surface area contributed by atoms with Gasteiger partial charge in [-0.3, -0.25) is 9.69 Å². The molecule has 6 heteroatoms. The number of piperidine rings is 1. The number of carbonyl (C=O) groups is 1. The first-order chi connectivity index (χ1) is 20.4. The summed E-state index contributed by atoms with van der Waals surface area (Å²) in [5.74, 6) is -0.0782. The van der Waals surface area contributed by atoms with Crippen LogP contribution >= 0.6 is 0 Å². The Morgan fingerprint density at radius 2 is 1.94 bits per heavy atom. The third kappa shape index (κ3) is 3.56. The quantitative estimate of drug-likeness (QED) is 0.572. The highest BCUT2D eigenvalue weighted by Gasteiger charge is 2.40. The molecule has 1 aromatic heterocycles. The van der Waals surface area contributed by atoms with Crippen LogP contribution in [0.25, 0.3) is 10.9 Å². The number of carbonyl (C=O) groups excluding carboxylic acids is 1. The van der Waals surface area contributed by atoms with Crippen LogP contribution in [0.15, 0.2) is 30.3 Å². The molecular weight excluding hydrogens is 448 g/mol. The number of benzene rings is 2. The Kier molecular flexibility index (Phi) is 3.86. The van der Waals surface area contributed by atoms with Crippen LogP contribution < -0.4 is 4.90 Å². The van der Waals surface area contributed by atoms with Crippen molar-refractivity contribution in [2.45, 2.75) is 51.5 Å².